The first-order valence-corrected chi connectivity index (χ1v) is 30.4. The topological polar surface area (TPSA) is 0 Å². The predicted molar refractivity (Wildman–Crippen MR) is 276 cm³/mol. The summed E-state index contributed by atoms with van der Waals surface area (Å²) < 4.78 is 0. The Bertz CT molecular complexity index is 1970. The van der Waals surface area contributed by atoms with Gasteiger partial charge in [-0.2, -0.15) is 24.3 Å². The van der Waals surface area contributed by atoms with Crippen LogP contribution in [0.4, 0.5) is 0 Å². The molecule has 0 bridgehead atoms. The molecule has 6 heteroatoms. The second-order valence-corrected chi connectivity index (χ2v) is 28.5. The third-order valence-corrected chi connectivity index (χ3v) is 19.3. The molecule has 0 radical (unpaired) electrons. The molecule has 8 rings (SSSR count). The van der Waals surface area contributed by atoms with E-state index in [0.29, 0.717) is 21.7 Å². The molecular weight excluding hydrogens is 943 g/mol. The van der Waals surface area contributed by atoms with Gasteiger partial charge in [0.15, 0.2) is 0 Å². The van der Waals surface area contributed by atoms with E-state index in [-0.39, 0.29) is 24.8 Å². The summed E-state index contributed by atoms with van der Waals surface area (Å²) in [5.74, 6) is 0. The summed E-state index contributed by atoms with van der Waals surface area (Å²) in [6.07, 6.45) is 33.4. The van der Waals surface area contributed by atoms with Crippen LogP contribution in [-0.4, -0.2) is 12.4 Å². The first-order chi connectivity index (χ1) is 30.2. The molecule has 0 N–H and O–H groups in total. The van der Waals surface area contributed by atoms with Crippen molar-refractivity contribution in [3.05, 3.63) is 217 Å². The minimum absolute atomic E-state index is 0. The molecule has 0 amide bonds. The van der Waals surface area contributed by atoms with Crippen molar-refractivity contribution >= 4 is 33.1 Å². The van der Waals surface area contributed by atoms with Gasteiger partial charge in [0.25, 0.3) is 0 Å². The molecule has 4 aromatic carbocycles. The number of benzene rings is 4. The molecule has 0 nitrogen and oxygen atoms in total. The van der Waals surface area contributed by atoms with Crippen LogP contribution in [0.3, 0.4) is 0 Å². The summed E-state index contributed by atoms with van der Waals surface area (Å²) in [4.78, 5) is 0. The van der Waals surface area contributed by atoms with Crippen LogP contribution < -0.4 is 45.6 Å². The van der Waals surface area contributed by atoms with Crippen LogP contribution in [0.5, 0.6) is 0 Å². The molecule has 66 heavy (non-hydrogen) atoms. The number of halogens is 2. The zero-order valence-corrected chi connectivity index (χ0v) is 48.4. The van der Waals surface area contributed by atoms with E-state index in [4.69, 9.17) is 0 Å². The van der Waals surface area contributed by atoms with E-state index in [1.807, 2.05) is 0 Å². The SMILES string of the molecule is CC(C)(C)C1=[C-]CC=C1.CC(C)(C)C1=[C-]CC=C1.CC(C)(C)C1=[C-]CC=C1.CC(C)(C)C1=[C-]CC=C1.[Cl-].[Cl-].[Ti+2]=[Si](c1ccccc1)c1ccccc1.[Ti+2]=[Si](c1ccccc1)c1ccccc1. The summed E-state index contributed by atoms with van der Waals surface area (Å²) in [6.45, 7) is 26.6. The van der Waals surface area contributed by atoms with Gasteiger partial charge in [0.2, 0.25) is 0 Å². The fraction of sp³-hybridized carbons (Fsp3) is 0.333. The van der Waals surface area contributed by atoms with Gasteiger partial charge in [-0.05, 0) is 21.7 Å². The average Bonchev–Trinajstić information content (AvgIpc) is 4.13. The Kier molecular flexibility index (Phi) is 28.5. The van der Waals surface area contributed by atoms with Gasteiger partial charge in [-0.15, -0.1) is 25.7 Å². The Morgan fingerprint density at radius 1 is 0.318 bits per heavy atom. The third-order valence-electron chi connectivity index (χ3n) is 10.3. The number of hydrogen-bond donors (Lipinski definition) is 0. The molecule has 0 spiro atoms. The monoisotopic (exact) mass is 1010 g/mol. The molecule has 0 aliphatic heterocycles. The molecule has 0 fully saturated rings. The Morgan fingerprint density at radius 2 is 0.485 bits per heavy atom. The molecule has 0 unspecified atom stereocenters. The van der Waals surface area contributed by atoms with Crippen LogP contribution in [0.2, 0.25) is 0 Å². The van der Waals surface area contributed by atoms with Crippen LogP contribution in [0.15, 0.2) is 192 Å². The fourth-order valence-corrected chi connectivity index (χ4v) is 12.3. The van der Waals surface area contributed by atoms with Crippen LogP contribution in [0.1, 0.15) is 109 Å². The van der Waals surface area contributed by atoms with Gasteiger partial charge in [-0.3, -0.25) is 24.3 Å². The maximum atomic E-state index is 3.30. The normalized spacial score (nSPS) is 14.2. The number of allylic oxidation sites excluding steroid dienone is 16. The zero-order valence-electron chi connectivity index (χ0n) is 41.8. The summed E-state index contributed by atoms with van der Waals surface area (Å²) >= 11 is 4.69. The molecule has 0 saturated heterocycles. The quantitative estimate of drug-likeness (QED) is 0.146. The Balaban J connectivity index is 0.000000399. The molecule has 4 aromatic rings. The molecule has 344 valence electrons. The van der Waals surface area contributed by atoms with Gasteiger partial charge in [0, 0.05) is 0 Å². The Hall–Kier alpha value is -2.76. The molecule has 4 aliphatic carbocycles. The van der Waals surface area contributed by atoms with E-state index in [1.54, 1.807) is 0 Å². The van der Waals surface area contributed by atoms with Gasteiger partial charge >= 0.3 is 193 Å². The maximum absolute atomic E-state index is 3.30. The summed E-state index contributed by atoms with van der Waals surface area (Å²) in [5, 5.41) is 5.90. The Labute approximate surface area is 439 Å². The van der Waals surface area contributed by atoms with Gasteiger partial charge in [-0.1, -0.05) is 83.1 Å². The van der Waals surface area contributed by atoms with E-state index >= 15 is 0 Å². The third kappa shape index (κ3) is 23.5. The van der Waals surface area contributed by atoms with Crippen molar-refractivity contribution in [1.82, 2.24) is 0 Å². The van der Waals surface area contributed by atoms with Crippen molar-refractivity contribution in [1.29, 1.82) is 0 Å². The Morgan fingerprint density at radius 3 is 0.591 bits per heavy atom. The van der Waals surface area contributed by atoms with Gasteiger partial charge < -0.3 is 24.8 Å². The molecule has 0 saturated carbocycles. The van der Waals surface area contributed by atoms with Crippen LogP contribution >= 0.6 is 0 Å². The van der Waals surface area contributed by atoms with E-state index in [1.165, 1.54) is 43.0 Å². The molecule has 0 atom stereocenters. The van der Waals surface area contributed by atoms with Gasteiger partial charge in [0.1, 0.15) is 0 Å². The van der Waals surface area contributed by atoms with Crippen molar-refractivity contribution in [3.8, 4) is 0 Å². The van der Waals surface area contributed by atoms with Crippen LogP contribution in [0, 0.1) is 46.0 Å². The number of hydrogen-bond acceptors (Lipinski definition) is 0. The van der Waals surface area contributed by atoms with Gasteiger partial charge in [-0.25, -0.2) is 46.6 Å². The predicted octanol–water partition coefficient (Wildman–Crippen LogP) is 7.57. The summed E-state index contributed by atoms with van der Waals surface area (Å²) in [6, 6.07) is 43.0. The van der Waals surface area contributed by atoms with Crippen molar-refractivity contribution in [2.45, 2.75) is 109 Å². The minimum atomic E-state index is -0.545. The first-order valence-electron chi connectivity index (χ1n) is 22.7. The van der Waals surface area contributed by atoms with E-state index in [0.717, 1.165) is 25.7 Å². The fourth-order valence-electron chi connectivity index (χ4n) is 6.43. The molecule has 0 heterocycles. The van der Waals surface area contributed by atoms with Crippen LogP contribution in [-0.2, 0) is 38.3 Å². The van der Waals surface area contributed by atoms with Crippen molar-refractivity contribution < 1.29 is 63.2 Å². The van der Waals surface area contributed by atoms with E-state index < -0.39 is 12.4 Å². The molecule has 4 aliphatic rings. The number of rotatable bonds is 4. The van der Waals surface area contributed by atoms with E-state index in [9.17, 15) is 0 Å². The first kappa shape index (κ1) is 61.3. The summed E-state index contributed by atoms with van der Waals surface area (Å²) in [5.41, 5.74) is 6.59. The van der Waals surface area contributed by atoms with Gasteiger partial charge in [0.05, 0.1) is 0 Å². The average molecular weight is 1020 g/mol. The molecule has 0 aromatic heterocycles. The van der Waals surface area contributed by atoms with Crippen LogP contribution in [0.25, 0.3) is 0 Å². The zero-order chi connectivity index (χ0) is 47.2. The molecular formula is C60H72Cl2Si2Ti2-2. The van der Waals surface area contributed by atoms with E-state index in [2.05, 4.69) is 316 Å². The standard InChI is InChI=1S/2C12H10Si.4C9H13.2ClH.2Ti/c2*1-3-7-11(8-4-1)13-12-9-5-2-6-10-12;4*1-9(2,3)8-6-4-5-7-8;;;;/h2*1-10H;4*4,6H,5H2,1-3H3;2*1H;;/q;;4*-1;;;2*+2/p-2. The van der Waals surface area contributed by atoms with Crippen molar-refractivity contribution in [3.63, 3.8) is 0 Å². The summed E-state index contributed by atoms with van der Waals surface area (Å²) in [7, 11) is 0. The van der Waals surface area contributed by atoms with Crippen molar-refractivity contribution in [2.75, 3.05) is 0 Å². The second-order valence-electron chi connectivity index (χ2n) is 20.0. The second kappa shape index (κ2) is 30.7. The van der Waals surface area contributed by atoms with Crippen molar-refractivity contribution in [2.24, 2.45) is 21.7 Å².